The number of nitrogens with one attached hydrogen (secondary N) is 2. The Morgan fingerprint density at radius 3 is 2.29 bits per heavy atom. The van der Waals surface area contributed by atoms with E-state index in [2.05, 4.69) is 20.6 Å². The maximum atomic E-state index is 14.0. The van der Waals surface area contributed by atoms with Gasteiger partial charge in [-0.3, -0.25) is 4.79 Å². The van der Waals surface area contributed by atoms with E-state index in [-0.39, 0.29) is 11.9 Å². The number of carbonyl (C=O) groups is 1. The van der Waals surface area contributed by atoms with E-state index in [0.717, 1.165) is 0 Å². The van der Waals surface area contributed by atoms with Gasteiger partial charge in [0.1, 0.15) is 11.4 Å². The maximum absolute atomic E-state index is 14.0. The van der Waals surface area contributed by atoms with E-state index in [9.17, 15) is 22.4 Å². The SMILES string of the molecule is CC(=O)Nc1ccc(-c2ccnc(Nc3c(F)c(N)c(F)c(F)c3F)n2)cc1. The standard InChI is InChI=1S/C18H13F4N5O/c1-8(28)25-10-4-2-9(3-5-10)11-6-7-24-18(26-11)27-17-14(21)12(19)13(20)16(23)15(17)22/h2-7H,23H2,1H3,(H,25,28)(H,24,26,27). The van der Waals surface area contributed by atoms with E-state index in [4.69, 9.17) is 5.73 Å². The molecule has 1 aromatic heterocycles. The second-order valence-electron chi connectivity index (χ2n) is 5.69. The van der Waals surface area contributed by atoms with Crippen molar-refractivity contribution in [2.75, 3.05) is 16.4 Å². The van der Waals surface area contributed by atoms with Crippen LogP contribution in [0.4, 0.5) is 40.6 Å². The van der Waals surface area contributed by atoms with Gasteiger partial charge < -0.3 is 16.4 Å². The van der Waals surface area contributed by atoms with Crippen LogP contribution in [0.25, 0.3) is 11.3 Å². The lowest BCUT2D eigenvalue weighted by atomic mass is 10.1. The third kappa shape index (κ3) is 3.70. The number of amides is 1. The summed E-state index contributed by atoms with van der Waals surface area (Å²) in [6.45, 7) is 1.37. The quantitative estimate of drug-likeness (QED) is 0.271. The zero-order chi connectivity index (χ0) is 20.4. The highest BCUT2D eigenvalue weighted by molar-refractivity contribution is 5.88. The van der Waals surface area contributed by atoms with E-state index < -0.39 is 34.6 Å². The lowest BCUT2D eigenvalue weighted by molar-refractivity contribution is -0.114. The minimum atomic E-state index is -1.91. The summed E-state index contributed by atoms with van der Waals surface area (Å²) in [6, 6.07) is 8.13. The second-order valence-corrected chi connectivity index (χ2v) is 5.69. The molecule has 1 heterocycles. The lowest BCUT2D eigenvalue weighted by Gasteiger charge is -2.11. The van der Waals surface area contributed by atoms with E-state index in [0.29, 0.717) is 16.9 Å². The Kier molecular flexibility index (Phi) is 5.12. The fourth-order valence-corrected chi connectivity index (χ4v) is 2.38. The van der Waals surface area contributed by atoms with Crippen LogP contribution in [-0.4, -0.2) is 15.9 Å². The molecule has 0 atom stereocenters. The number of nitrogens with zero attached hydrogens (tertiary/aromatic N) is 2. The second kappa shape index (κ2) is 7.51. The molecule has 4 N–H and O–H groups in total. The van der Waals surface area contributed by atoms with Crippen molar-refractivity contribution in [3.8, 4) is 11.3 Å². The first-order valence-electron chi connectivity index (χ1n) is 7.87. The van der Waals surface area contributed by atoms with E-state index in [1.807, 2.05) is 0 Å². The van der Waals surface area contributed by atoms with Gasteiger partial charge in [-0.1, -0.05) is 12.1 Å². The van der Waals surface area contributed by atoms with Gasteiger partial charge in [0.25, 0.3) is 0 Å². The van der Waals surface area contributed by atoms with Crippen LogP contribution >= 0.6 is 0 Å². The van der Waals surface area contributed by atoms with Gasteiger partial charge in [-0.2, -0.15) is 0 Å². The topological polar surface area (TPSA) is 92.9 Å². The van der Waals surface area contributed by atoms with Gasteiger partial charge in [-0.05, 0) is 18.2 Å². The van der Waals surface area contributed by atoms with Crippen molar-refractivity contribution in [1.82, 2.24) is 9.97 Å². The summed E-state index contributed by atoms with van der Waals surface area (Å²) in [5.74, 6) is -7.48. The summed E-state index contributed by atoms with van der Waals surface area (Å²) in [4.78, 5) is 19.0. The molecule has 2 aromatic carbocycles. The minimum Gasteiger partial charge on any atom is -0.394 e. The van der Waals surface area contributed by atoms with Gasteiger partial charge in [0.2, 0.25) is 11.9 Å². The number of nitrogen functional groups attached to an aromatic ring is 1. The van der Waals surface area contributed by atoms with Crippen molar-refractivity contribution in [2.45, 2.75) is 6.92 Å². The summed E-state index contributed by atoms with van der Waals surface area (Å²) in [5, 5.41) is 4.79. The largest absolute Gasteiger partial charge is 0.394 e. The molecule has 0 aliphatic rings. The van der Waals surface area contributed by atoms with Crippen LogP contribution in [0.5, 0.6) is 0 Å². The summed E-state index contributed by atoms with van der Waals surface area (Å²) in [6.07, 6.45) is 1.31. The first kappa shape index (κ1) is 19.1. The summed E-state index contributed by atoms with van der Waals surface area (Å²) in [7, 11) is 0. The maximum Gasteiger partial charge on any atom is 0.227 e. The normalized spacial score (nSPS) is 10.6. The molecule has 10 heteroatoms. The summed E-state index contributed by atoms with van der Waals surface area (Å²) in [5.41, 5.74) is 4.51. The van der Waals surface area contributed by atoms with Gasteiger partial charge in [0.15, 0.2) is 23.3 Å². The van der Waals surface area contributed by atoms with Gasteiger partial charge in [-0.15, -0.1) is 0 Å². The van der Waals surface area contributed by atoms with Crippen molar-refractivity contribution in [1.29, 1.82) is 0 Å². The predicted molar refractivity (Wildman–Crippen MR) is 95.7 cm³/mol. The van der Waals surface area contributed by atoms with Crippen molar-refractivity contribution in [3.05, 3.63) is 59.8 Å². The lowest BCUT2D eigenvalue weighted by Crippen LogP contribution is -2.09. The molecular weight excluding hydrogens is 378 g/mol. The monoisotopic (exact) mass is 391 g/mol. The van der Waals surface area contributed by atoms with E-state index in [1.165, 1.54) is 19.2 Å². The smallest absolute Gasteiger partial charge is 0.227 e. The Balaban J connectivity index is 1.92. The van der Waals surface area contributed by atoms with Gasteiger partial charge >= 0.3 is 0 Å². The minimum absolute atomic E-state index is 0.226. The predicted octanol–water partition coefficient (Wildman–Crippen LogP) is 3.98. The Bertz CT molecular complexity index is 1030. The summed E-state index contributed by atoms with van der Waals surface area (Å²) >= 11 is 0. The molecule has 0 bridgehead atoms. The number of carbonyl (C=O) groups excluding carboxylic acids is 1. The van der Waals surface area contributed by atoms with Crippen molar-refractivity contribution < 1.29 is 22.4 Å². The van der Waals surface area contributed by atoms with Crippen molar-refractivity contribution in [3.63, 3.8) is 0 Å². The number of nitrogens with two attached hydrogens (primary N) is 1. The average Bonchev–Trinajstić information content (AvgIpc) is 2.68. The van der Waals surface area contributed by atoms with Crippen LogP contribution in [0.15, 0.2) is 36.5 Å². The van der Waals surface area contributed by atoms with Gasteiger partial charge in [0, 0.05) is 24.4 Å². The number of hydrogen-bond donors (Lipinski definition) is 3. The van der Waals surface area contributed by atoms with Crippen molar-refractivity contribution in [2.24, 2.45) is 0 Å². The molecule has 0 aliphatic carbocycles. The molecule has 0 aliphatic heterocycles. The molecule has 0 radical (unpaired) electrons. The zero-order valence-electron chi connectivity index (χ0n) is 14.4. The van der Waals surface area contributed by atoms with Crippen LogP contribution in [0, 0.1) is 23.3 Å². The molecule has 1 amide bonds. The van der Waals surface area contributed by atoms with Crippen LogP contribution in [0.2, 0.25) is 0 Å². The first-order chi connectivity index (χ1) is 13.3. The van der Waals surface area contributed by atoms with Gasteiger partial charge in [-0.25, -0.2) is 27.5 Å². The Morgan fingerprint density at radius 2 is 1.64 bits per heavy atom. The number of hydrogen-bond acceptors (Lipinski definition) is 5. The molecule has 28 heavy (non-hydrogen) atoms. The van der Waals surface area contributed by atoms with E-state index in [1.54, 1.807) is 24.3 Å². The van der Waals surface area contributed by atoms with E-state index >= 15 is 0 Å². The first-order valence-corrected chi connectivity index (χ1v) is 7.87. The molecule has 0 spiro atoms. The van der Waals surface area contributed by atoms with Crippen LogP contribution in [0.1, 0.15) is 6.92 Å². The zero-order valence-corrected chi connectivity index (χ0v) is 14.4. The van der Waals surface area contributed by atoms with Gasteiger partial charge in [0.05, 0.1) is 5.69 Å². The molecule has 0 fully saturated rings. The fraction of sp³-hybridized carbons (Fsp3) is 0.0556. The number of anilines is 4. The molecule has 0 saturated heterocycles. The Morgan fingerprint density at radius 1 is 0.964 bits per heavy atom. The molecule has 144 valence electrons. The molecule has 3 rings (SSSR count). The molecular formula is C18H13F4N5O. The molecule has 3 aromatic rings. The Labute approximate surface area is 156 Å². The Hall–Kier alpha value is -3.69. The van der Waals surface area contributed by atoms with Crippen LogP contribution in [-0.2, 0) is 4.79 Å². The highest BCUT2D eigenvalue weighted by Gasteiger charge is 2.24. The number of aromatic nitrogens is 2. The fourth-order valence-electron chi connectivity index (χ4n) is 2.38. The van der Waals surface area contributed by atoms with Crippen LogP contribution in [0.3, 0.4) is 0 Å². The summed E-state index contributed by atoms with van der Waals surface area (Å²) < 4.78 is 54.7. The third-order valence-electron chi connectivity index (χ3n) is 3.69. The third-order valence-corrected chi connectivity index (χ3v) is 3.69. The number of benzene rings is 2. The average molecular weight is 391 g/mol. The highest BCUT2D eigenvalue weighted by Crippen LogP contribution is 2.31. The van der Waals surface area contributed by atoms with Crippen LogP contribution < -0.4 is 16.4 Å². The molecule has 6 nitrogen and oxygen atoms in total. The van der Waals surface area contributed by atoms with Crippen molar-refractivity contribution >= 4 is 28.9 Å². The number of halogens is 4. The molecule has 0 saturated carbocycles. The highest BCUT2D eigenvalue weighted by atomic mass is 19.2. The molecule has 0 unspecified atom stereocenters. The number of rotatable bonds is 4.